The van der Waals surface area contributed by atoms with Crippen molar-refractivity contribution in [2.45, 2.75) is 121 Å². The number of nitrogens with zero attached hydrogens (tertiary/aromatic N) is 2. The van der Waals surface area contributed by atoms with E-state index in [-0.39, 0.29) is 12.2 Å². The molecule has 0 unspecified atom stereocenters. The van der Waals surface area contributed by atoms with Crippen LogP contribution in [0.5, 0.6) is 0 Å². The van der Waals surface area contributed by atoms with Gasteiger partial charge >= 0.3 is 11.7 Å². The average molecular weight is 508 g/mol. The Kier molecular flexibility index (Phi) is 14.4. The summed E-state index contributed by atoms with van der Waals surface area (Å²) in [6, 6.07) is 1.40. The lowest BCUT2D eigenvalue weighted by molar-refractivity contribution is -0.156. The van der Waals surface area contributed by atoms with Gasteiger partial charge in [-0.25, -0.2) is 4.79 Å². The van der Waals surface area contributed by atoms with E-state index in [2.05, 4.69) is 24.1 Å². The number of aliphatic hydroxyl groups is 2. The summed E-state index contributed by atoms with van der Waals surface area (Å²) < 4.78 is 12.1. The van der Waals surface area contributed by atoms with Crippen LogP contribution < -0.4 is 11.4 Å². The molecule has 1 aliphatic heterocycles. The van der Waals surface area contributed by atoms with Gasteiger partial charge in [0.2, 0.25) is 0 Å². The Bertz CT molecular complexity index is 843. The zero-order valence-electron chi connectivity index (χ0n) is 21.7. The number of aliphatic hydroxyl groups excluding tert-OH is 2. The number of esters is 1. The normalized spacial score (nSPS) is 21.9. The molecule has 4 N–H and O–H groups in total. The van der Waals surface area contributed by atoms with Crippen LogP contribution in [0, 0.1) is 0 Å². The summed E-state index contributed by atoms with van der Waals surface area (Å²) in [5, 5.41) is 20.2. The molecule has 36 heavy (non-hydrogen) atoms. The van der Waals surface area contributed by atoms with Crippen molar-refractivity contribution < 1.29 is 24.5 Å². The maximum atomic E-state index is 12.3. The van der Waals surface area contributed by atoms with E-state index in [1.165, 1.54) is 57.2 Å². The topological polar surface area (TPSA) is 137 Å². The van der Waals surface area contributed by atoms with E-state index in [0.717, 1.165) is 36.7 Å². The first kappa shape index (κ1) is 30.0. The van der Waals surface area contributed by atoms with Crippen LogP contribution in [-0.2, 0) is 14.3 Å². The number of carbonyl (C=O) groups excluding carboxylic acids is 1. The van der Waals surface area contributed by atoms with E-state index in [1.807, 2.05) is 0 Å². The average Bonchev–Trinajstić information content (AvgIpc) is 3.16. The zero-order valence-corrected chi connectivity index (χ0v) is 21.7. The van der Waals surface area contributed by atoms with Gasteiger partial charge in [0.05, 0.1) is 6.61 Å². The Balaban J connectivity index is 1.57. The van der Waals surface area contributed by atoms with E-state index in [4.69, 9.17) is 15.2 Å². The molecule has 2 rings (SSSR count). The molecule has 204 valence electrons. The molecule has 0 aliphatic carbocycles. The first-order chi connectivity index (χ1) is 17.5. The Hall–Kier alpha value is -2.23. The molecule has 1 aliphatic rings. The van der Waals surface area contributed by atoms with E-state index >= 15 is 0 Å². The van der Waals surface area contributed by atoms with Crippen molar-refractivity contribution >= 4 is 11.8 Å². The van der Waals surface area contributed by atoms with Gasteiger partial charge in [0.25, 0.3) is 0 Å². The molecule has 0 spiro atoms. The van der Waals surface area contributed by atoms with Crippen molar-refractivity contribution in [2.75, 3.05) is 12.3 Å². The second-order valence-electron chi connectivity index (χ2n) is 9.57. The molecule has 0 bridgehead atoms. The molecule has 0 saturated carbocycles. The smallest absolute Gasteiger partial charge is 0.351 e. The minimum absolute atomic E-state index is 0.0467. The first-order valence-electron chi connectivity index (χ1n) is 13.6. The molecule has 1 fully saturated rings. The van der Waals surface area contributed by atoms with Crippen molar-refractivity contribution in [2.24, 2.45) is 0 Å². The van der Waals surface area contributed by atoms with Gasteiger partial charge in [0.1, 0.15) is 18.0 Å². The Morgan fingerprint density at radius 1 is 1.08 bits per heavy atom. The number of ether oxygens (including phenoxy) is 2. The van der Waals surface area contributed by atoms with Crippen LogP contribution in [0.3, 0.4) is 0 Å². The van der Waals surface area contributed by atoms with Crippen molar-refractivity contribution in [1.29, 1.82) is 0 Å². The molecular weight excluding hydrogens is 462 g/mol. The molecule has 2 heterocycles. The fourth-order valence-corrected chi connectivity index (χ4v) is 4.41. The second-order valence-corrected chi connectivity index (χ2v) is 9.57. The molecule has 0 radical (unpaired) electrons. The summed E-state index contributed by atoms with van der Waals surface area (Å²) >= 11 is 0. The SMILES string of the molecule is CCCCCCCCC=CCCCCCCCC(=O)O[C@H]1[C@H](O)[C@H](n2ccc(N)nc2=O)O[C@@H]1CO. The Morgan fingerprint density at radius 2 is 1.69 bits per heavy atom. The number of unbranched alkanes of at least 4 members (excludes halogenated alkanes) is 11. The highest BCUT2D eigenvalue weighted by Crippen LogP contribution is 2.30. The summed E-state index contributed by atoms with van der Waals surface area (Å²) in [5.41, 5.74) is 4.80. The van der Waals surface area contributed by atoms with E-state index in [1.54, 1.807) is 0 Å². The zero-order chi connectivity index (χ0) is 26.2. The summed E-state index contributed by atoms with van der Waals surface area (Å²) in [6.45, 7) is 1.78. The number of allylic oxidation sites excluding steroid dienone is 2. The quantitative estimate of drug-likeness (QED) is 0.154. The standard InChI is InChI=1S/C27H45N3O6/c1-2-3-4-5-6-7-8-9-10-11-12-13-14-15-16-17-23(32)36-25-21(20-31)35-26(24(25)33)30-19-18-22(28)29-27(30)34/h9-10,18-19,21,24-26,31,33H,2-8,11-17,20H2,1H3,(H2,28,29,34)/t21-,24+,25-,26-/m1/s1. The van der Waals surface area contributed by atoms with E-state index in [9.17, 15) is 19.8 Å². The molecule has 1 aromatic rings. The number of hydrogen-bond acceptors (Lipinski definition) is 8. The van der Waals surface area contributed by atoms with Gasteiger partial charge < -0.3 is 25.4 Å². The summed E-state index contributed by atoms with van der Waals surface area (Å²) in [5.74, 6) is -0.410. The van der Waals surface area contributed by atoms with Crippen molar-refractivity contribution in [3.8, 4) is 0 Å². The molecule has 9 heteroatoms. The molecule has 4 atom stereocenters. The summed E-state index contributed by atoms with van der Waals surface area (Å²) in [7, 11) is 0. The molecule has 0 aromatic carbocycles. The third-order valence-corrected chi connectivity index (χ3v) is 6.53. The van der Waals surface area contributed by atoms with Gasteiger partial charge in [-0.2, -0.15) is 4.98 Å². The minimum atomic E-state index is -1.32. The number of rotatable bonds is 18. The van der Waals surface area contributed by atoms with Gasteiger partial charge in [-0.3, -0.25) is 9.36 Å². The van der Waals surface area contributed by atoms with Crippen LogP contribution in [0.2, 0.25) is 0 Å². The first-order valence-corrected chi connectivity index (χ1v) is 13.6. The highest BCUT2D eigenvalue weighted by atomic mass is 16.6. The van der Waals surface area contributed by atoms with E-state index < -0.39 is 42.8 Å². The van der Waals surface area contributed by atoms with Crippen LogP contribution in [0.25, 0.3) is 0 Å². The van der Waals surface area contributed by atoms with Crippen LogP contribution >= 0.6 is 0 Å². The third kappa shape index (κ3) is 10.4. The largest absolute Gasteiger partial charge is 0.457 e. The number of anilines is 1. The van der Waals surface area contributed by atoms with Crippen LogP contribution in [0.4, 0.5) is 5.82 Å². The van der Waals surface area contributed by atoms with Crippen LogP contribution in [0.1, 0.15) is 103 Å². The van der Waals surface area contributed by atoms with Crippen molar-refractivity contribution in [3.05, 3.63) is 34.9 Å². The molecular formula is C27H45N3O6. The maximum absolute atomic E-state index is 12.3. The number of aromatic nitrogens is 2. The van der Waals surface area contributed by atoms with Gasteiger partial charge in [-0.05, 0) is 38.2 Å². The fourth-order valence-electron chi connectivity index (χ4n) is 4.41. The monoisotopic (exact) mass is 507 g/mol. The number of carbonyl (C=O) groups is 1. The van der Waals surface area contributed by atoms with Gasteiger partial charge in [-0.15, -0.1) is 0 Å². The predicted molar refractivity (Wildman–Crippen MR) is 139 cm³/mol. The van der Waals surface area contributed by atoms with Crippen molar-refractivity contribution in [3.63, 3.8) is 0 Å². The molecule has 1 aromatic heterocycles. The number of nitrogen functional groups attached to an aromatic ring is 1. The summed E-state index contributed by atoms with van der Waals surface area (Å²) in [6.07, 6.45) is 17.0. The van der Waals surface area contributed by atoms with Gasteiger partial charge in [0.15, 0.2) is 12.3 Å². The molecule has 0 amide bonds. The third-order valence-electron chi connectivity index (χ3n) is 6.53. The van der Waals surface area contributed by atoms with Crippen LogP contribution in [0.15, 0.2) is 29.2 Å². The Morgan fingerprint density at radius 3 is 2.31 bits per heavy atom. The number of nitrogens with two attached hydrogens (primary N) is 1. The van der Waals surface area contributed by atoms with E-state index in [0.29, 0.717) is 6.42 Å². The lowest BCUT2D eigenvalue weighted by atomic mass is 10.1. The Labute approximate surface area is 214 Å². The van der Waals surface area contributed by atoms with Crippen LogP contribution in [-0.4, -0.2) is 50.7 Å². The van der Waals surface area contributed by atoms with Gasteiger partial charge in [0, 0.05) is 12.6 Å². The lowest BCUT2D eigenvalue weighted by Gasteiger charge is -2.20. The molecule has 1 saturated heterocycles. The second kappa shape index (κ2) is 17.3. The number of hydrogen-bond donors (Lipinski definition) is 3. The van der Waals surface area contributed by atoms with Gasteiger partial charge in [-0.1, -0.05) is 70.4 Å². The molecule has 9 nitrogen and oxygen atoms in total. The predicted octanol–water partition coefficient (Wildman–Crippen LogP) is 4.03. The highest BCUT2D eigenvalue weighted by Gasteiger charge is 2.47. The maximum Gasteiger partial charge on any atom is 0.351 e. The highest BCUT2D eigenvalue weighted by molar-refractivity contribution is 5.69. The van der Waals surface area contributed by atoms with Crippen molar-refractivity contribution in [1.82, 2.24) is 9.55 Å². The lowest BCUT2D eigenvalue weighted by Crippen LogP contribution is -2.39. The minimum Gasteiger partial charge on any atom is -0.457 e. The summed E-state index contributed by atoms with van der Waals surface area (Å²) in [4.78, 5) is 28.0. The fraction of sp³-hybridized carbons (Fsp3) is 0.741.